The molecule has 0 fully saturated rings. The van der Waals surface area contributed by atoms with Crippen molar-refractivity contribution in [1.82, 2.24) is 10.1 Å². The Labute approximate surface area is 168 Å². The molecule has 0 bridgehead atoms. The number of aryl methyl sites for hydroxylation is 1. The van der Waals surface area contributed by atoms with Crippen LogP contribution in [0.4, 0.5) is 5.69 Å². The standard InChI is InChI=1S/C22H23N3O4/c1-14(2)16-6-8-17(9-7-16)22-24-20(29-25-22)11-10-19(26)23-18-5-3-4-15(12-18)13-21(27)28/h3-9,12,14H,10-11,13H2,1-2H3,(H,23,26)(H,27,28). The fraction of sp³-hybridized carbons (Fsp3) is 0.273. The number of carbonyl (C=O) groups is 2. The fourth-order valence-electron chi connectivity index (χ4n) is 2.87. The number of rotatable bonds is 8. The van der Waals surface area contributed by atoms with Crippen molar-refractivity contribution in [1.29, 1.82) is 0 Å². The minimum atomic E-state index is -0.917. The third kappa shape index (κ3) is 5.75. The molecule has 0 saturated carbocycles. The number of hydrogen-bond acceptors (Lipinski definition) is 5. The van der Waals surface area contributed by atoms with Gasteiger partial charge in [-0.2, -0.15) is 4.98 Å². The lowest BCUT2D eigenvalue weighted by atomic mass is 10.0. The Bertz CT molecular complexity index is 993. The number of nitrogens with one attached hydrogen (secondary N) is 1. The molecule has 0 radical (unpaired) electrons. The Balaban J connectivity index is 1.55. The first-order valence-corrected chi connectivity index (χ1v) is 9.44. The number of aromatic nitrogens is 2. The molecule has 3 rings (SSSR count). The zero-order valence-corrected chi connectivity index (χ0v) is 16.4. The minimum absolute atomic E-state index is 0.0907. The van der Waals surface area contributed by atoms with E-state index < -0.39 is 5.97 Å². The van der Waals surface area contributed by atoms with Crippen molar-refractivity contribution in [3.05, 3.63) is 65.5 Å². The van der Waals surface area contributed by atoms with E-state index in [4.69, 9.17) is 9.63 Å². The lowest BCUT2D eigenvalue weighted by Gasteiger charge is -2.06. The Hall–Kier alpha value is -3.48. The van der Waals surface area contributed by atoms with E-state index in [0.717, 1.165) is 5.56 Å². The van der Waals surface area contributed by atoms with Gasteiger partial charge in [-0.25, -0.2) is 0 Å². The summed E-state index contributed by atoms with van der Waals surface area (Å²) in [4.78, 5) is 27.3. The second-order valence-electron chi connectivity index (χ2n) is 7.11. The molecule has 1 aromatic heterocycles. The largest absolute Gasteiger partial charge is 0.481 e. The second-order valence-corrected chi connectivity index (χ2v) is 7.11. The van der Waals surface area contributed by atoms with E-state index in [9.17, 15) is 9.59 Å². The number of carboxylic acids is 1. The second kappa shape index (κ2) is 9.14. The Morgan fingerprint density at radius 3 is 2.59 bits per heavy atom. The predicted octanol–water partition coefficient (Wildman–Crippen LogP) is 4.06. The van der Waals surface area contributed by atoms with E-state index >= 15 is 0 Å². The van der Waals surface area contributed by atoms with E-state index in [-0.39, 0.29) is 18.7 Å². The summed E-state index contributed by atoms with van der Waals surface area (Å²) in [5.41, 5.74) is 3.29. The number of hydrogen-bond donors (Lipinski definition) is 2. The molecule has 0 aliphatic carbocycles. The van der Waals surface area contributed by atoms with Gasteiger partial charge >= 0.3 is 5.97 Å². The van der Waals surface area contributed by atoms with E-state index in [0.29, 0.717) is 35.3 Å². The molecule has 7 heteroatoms. The van der Waals surface area contributed by atoms with Crippen LogP contribution in [0.5, 0.6) is 0 Å². The monoisotopic (exact) mass is 393 g/mol. The molecular formula is C22H23N3O4. The third-order valence-electron chi connectivity index (χ3n) is 4.44. The number of benzene rings is 2. The van der Waals surface area contributed by atoms with Gasteiger partial charge in [0, 0.05) is 24.1 Å². The van der Waals surface area contributed by atoms with Gasteiger partial charge in [-0.3, -0.25) is 9.59 Å². The molecule has 2 aromatic carbocycles. The Morgan fingerprint density at radius 2 is 1.90 bits per heavy atom. The lowest BCUT2D eigenvalue weighted by Crippen LogP contribution is -2.12. The molecule has 3 aromatic rings. The highest BCUT2D eigenvalue weighted by Crippen LogP contribution is 2.21. The molecular weight excluding hydrogens is 370 g/mol. The molecule has 2 N–H and O–H groups in total. The third-order valence-corrected chi connectivity index (χ3v) is 4.44. The molecule has 0 aliphatic heterocycles. The van der Waals surface area contributed by atoms with Gasteiger partial charge in [0.1, 0.15) is 0 Å². The summed E-state index contributed by atoms with van der Waals surface area (Å²) in [7, 11) is 0. The fourth-order valence-corrected chi connectivity index (χ4v) is 2.87. The van der Waals surface area contributed by atoms with Gasteiger partial charge in [-0.15, -0.1) is 0 Å². The number of aliphatic carboxylic acids is 1. The van der Waals surface area contributed by atoms with Crippen LogP contribution in [0.25, 0.3) is 11.4 Å². The highest BCUT2D eigenvalue weighted by molar-refractivity contribution is 5.91. The van der Waals surface area contributed by atoms with Crippen molar-refractivity contribution >= 4 is 17.6 Å². The molecule has 0 atom stereocenters. The van der Waals surface area contributed by atoms with Crippen molar-refractivity contribution in [2.75, 3.05) is 5.32 Å². The summed E-state index contributed by atoms with van der Waals surface area (Å²) in [5, 5.41) is 15.6. The van der Waals surface area contributed by atoms with Crippen LogP contribution in [-0.4, -0.2) is 27.1 Å². The van der Waals surface area contributed by atoms with Gasteiger partial charge < -0.3 is 14.9 Å². The summed E-state index contributed by atoms with van der Waals surface area (Å²) in [6, 6.07) is 14.8. The first-order chi connectivity index (χ1) is 13.9. The first kappa shape index (κ1) is 20.3. The zero-order valence-electron chi connectivity index (χ0n) is 16.4. The quantitative estimate of drug-likeness (QED) is 0.598. The van der Waals surface area contributed by atoms with Crippen LogP contribution in [0.1, 0.15) is 43.2 Å². The van der Waals surface area contributed by atoms with Gasteiger partial charge in [0.25, 0.3) is 0 Å². The molecule has 150 valence electrons. The van der Waals surface area contributed by atoms with Crippen molar-refractivity contribution in [3.63, 3.8) is 0 Å². The summed E-state index contributed by atoms with van der Waals surface area (Å²) >= 11 is 0. The summed E-state index contributed by atoms with van der Waals surface area (Å²) in [6.07, 6.45) is 0.404. The van der Waals surface area contributed by atoms with Gasteiger partial charge in [-0.05, 0) is 29.2 Å². The summed E-state index contributed by atoms with van der Waals surface area (Å²) < 4.78 is 5.25. The Morgan fingerprint density at radius 1 is 1.14 bits per heavy atom. The summed E-state index contributed by atoms with van der Waals surface area (Å²) in [6.45, 7) is 4.27. The van der Waals surface area contributed by atoms with E-state index in [1.807, 2.05) is 24.3 Å². The van der Waals surface area contributed by atoms with Crippen LogP contribution in [0.2, 0.25) is 0 Å². The van der Waals surface area contributed by atoms with Crippen LogP contribution >= 0.6 is 0 Å². The highest BCUT2D eigenvalue weighted by atomic mass is 16.5. The van der Waals surface area contributed by atoms with Gasteiger partial charge in [0.15, 0.2) is 0 Å². The van der Waals surface area contributed by atoms with Crippen LogP contribution in [0.3, 0.4) is 0 Å². The van der Waals surface area contributed by atoms with Crippen molar-refractivity contribution in [2.45, 2.75) is 39.0 Å². The number of nitrogens with zero attached hydrogens (tertiary/aromatic N) is 2. The molecule has 0 saturated heterocycles. The van der Waals surface area contributed by atoms with Gasteiger partial charge in [0.2, 0.25) is 17.6 Å². The topological polar surface area (TPSA) is 105 Å². The molecule has 0 aliphatic rings. The maximum atomic E-state index is 12.2. The lowest BCUT2D eigenvalue weighted by molar-refractivity contribution is -0.136. The number of carboxylic acid groups (broad SMARTS) is 1. The molecule has 29 heavy (non-hydrogen) atoms. The Kier molecular flexibility index (Phi) is 6.39. The van der Waals surface area contributed by atoms with Crippen molar-refractivity contribution in [3.8, 4) is 11.4 Å². The number of amides is 1. The van der Waals surface area contributed by atoms with Crippen LogP contribution in [-0.2, 0) is 22.4 Å². The molecule has 0 spiro atoms. The highest BCUT2D eigenvalue weighted by Gasteiger charge is 2.12. The first-order valence-electron chi connectivity index (χ1n) is 9.44. The SMILES string of the molecule is CC(C)c1ccc(-c2noc(CCC(=O)Nc3cccc(CC(=O)O)c3)n2)cc1. The van der Waals surface area contributed by atoms with E-state index in [1.54, 1.807) is 24.3 Å². The maximum Gasteiger partial charge on any atom is 0.307 e. The van der Waals surface area contributed by atoms with Gasteiger partial charge in [0.05, 0.1) is 6.42 Å². The maximum absolute atomic E-state index is 12.2. The average molecular weight is 393 g/mol. The molecule has 7 nitrogen and oxygen atoms in total. The van der Waals surface area contributed by atoms with Gasteiger partial charge in [-0.1, -0.05) is 55.4 Å². The van der Waals surface area contributed by atoms with Crippen LogP contribution in [0.15, 0.2) is 53.1 Å². The zero-order chi connectivity index (χ0) is 20.8. The number of carbonyl (C=O) groups excluding carboxylic acids is 1. The number of anilines is 1. The smallest absolute Gasteiger partial charge is 0.307 e. The summed E-state index contributed by atoms with van der Waals surface area (Å²) in [5.74, 6) is 0.214. The molecule has 0 unspecified atom stereocenters. The average Bonchev–Trinajstić information content (AvgIpc) is 3.15. The van der Waals surface area contributed by atoms with Crippen molar-refractivity contribution in [2.24, 2.45) is 0 Å². The van der Waals surface area contributed by atoms with E-state index in [1.165, 1.54) is 5.56 Å². The van der Waals surface area contributed by atoms with Crippen molar-refractivity contribution < 1.29 is 19.2 Å². The molecule has 1 amide bonds. The predicted molar refractivity (Wildman–Crippen MR) is 109 cm³/mol. The van der Waals surface area contributed by atoms with Crippen LogP contribution < -0.4 is 5.32 Å². The normalized spacial score (nSPS) is 10.9. The van der Waals surface area contributed by atoms with Crippen LogP contribution in [0, 0.1) is 0 Å². The van der Waals surface area contributed by atoms with E-state index in [2.05, 4.69) is 29.3 Å². The minimum Gasteiger partial charge on any atom is -0.481 e. The molecule has 1 heterocycles.